The predicted molar refractivity (Wildman–Crippen MR) is 114 cm³/mol. The van der Waals surface area contributed by atoms with Crippen LogP contribution in [-0.4, -0.2) is 29.6 Å². The molecule has 1 N–H and O–H groups in total. The summed E-state index contributed by atoms with van der Waals surface area (Å²) in [6, 6.07) is 13.5. The number of aliphatic carboxylic acids is 1. The van der Waals surface area contributed by atoms with E-state index < -0.39 is 5.97 Å². The van der Waals surface area contributed by atoms with E-state index in [4.69, 9.17) is 5.11 Å². The molecule has 142 valence electrons. The number of benzene rings is 2. The van der Waals surface area contributed by atoms with Crippen molar-refractivity contribution in [1.82, 2.24) is 4.90 Å². The van der Waals surface area contributed by atoms with E-state index in [1.54, 1.807) is 17.7 Å². The van der Waals surface area contributed by atoms with Gasteiger partial charge in [0.25, 0.3) is 0 Å². The fourth-order valence-electron chi connectivity index (χ4n) is 4.18. The second-order valence-electron chi connectivity index (χ2n) is 7.52. The molecule has 0 saturated carbocycles. The van der Waals surface area contributed by atoms with Crippen molar-refractivity contribution in [2.45, 2.75) is 25.7 Å². The third kappa shape index (κ3) is 3.65. The second kappa shape index (κ2) is 7.89. The van der Waals surface area contributed by atoms with E-state index in [0.717, 1.165) is 0 Å². The Bertz CT molecular complexity index is 998. The summed E-state index contributed by atoms with van der Waals surface area (Å²) in [5.74, 6) is -0.837. The van der Waals surface area contributed by atoms with Crippen molar-refractivity contribution < 1.29 is 9.90 Å². The number of allylic oxidation sites excluding steroid dienone is 3. The van der Waals surface area contributed by atoms with Gasteiger partial charge < -0.3 is 10.0 Å². The molecule has 2 aromatic carbocycles. The summed E-state index contributed by atoms with van der Waals surface area (Å²) < 4.78 is 0. The molecule has 1 heterocycles. The topological polar surface area (TPSA) is 40.5 Å². The minimum Gasteiger partial charge on any atom is -0.478 e. The third-order valence-corrected chi connectivity index (χ3v) is 5.60. The zero-order valence-electron chi connectivity index (χ0n) is 16.2. The minimum absolute atomic E-state index is 0.435. The number of fused-ring (bicyclic) bond motifs is 5. The summed E-state index contributed by atoms with van der Waals surface area (Å²) in [6.07, 6.45) is 14.6. The van der Waals surface area contributed by atoms with Crippen molar-refractivity contribution >= 4 is 12.0 Å². The van der Waals surface area contributed by atoms with Gasteiger partial charge in [0.2, 0.25) is 0 Å². The Hall–Kier alpha value is -3.07. The summed E-state index contributed by atoms with van der Waals surface area (Å²) in [6.45, 7) is 0.492. The van der Waals surface area contributed by atoms with Gasteiger partial charge >= 0.3 is 5.97 Å². The van der Waals surface area contributed by atoms with E-state index in [2.05, 4.69) is 48.6 Å². The van der Waals surface area contributed by atoms with Gasteiger partial charge in [-0.1, -0.05) is 48.6 Å². The third-order valence-electron chi connectivity index (χ3n) is 5.60. The smallest absolute Gasteiger partial charge is 0.333 e. The van der Waals surface area contributed by atoms with Gasteiger partial charge in [0.1, 0.15) is 0 Å². The molecular weight excluding hydrogens is 346 g/mol. The van der Waals surface area contributed by atoms with Gasteiger partial charge in [0.15, 0.2) is 0 Å². The summed E-state index contributed by atoms with van der Waals surface area (Å²) in [4.78, 5) is 12.2. The summed E-state index contributed by atoms with van der Waals surface area (Å²) in [5, 5.41) is 8.53. The molecule has 1 aliphatic heterocycles. The molecule has 2 aliphatic carbocycles. The Kier molecular flexibility index (Phi) is 5.16. The van der Waals surface area contributed by atoms with E-state index >= 15 is 0 Å². The lowest BCUT2D eigenvalue weighted by Crippen LogP contribution is -2.20. The Morgan fingerprint density at radius 3 is 2.64 bits per heavy atom. The van der Waals surface area contributed by atoms with E-state index in [-0.39, 0.29) is 0 Å². The van der Waals surface area contributed by atoms with Crippen molar-refractivity contribution in [2.75, 3.05) is 13.6 Å². The molecule has 3 nitrogen and oxygen atoms in total. The average molecular weight is 371 g/mol. The van der Waals surface area contributed by atoms with Crippen LogP contribution in [0.25, 0.3) is 17.2 Å². The molecule has 0 atom stereocenters. The summed E-state index contributed by atoms with van der Waals surface area (Å²) in [5.41, 5.74) is 9.46. The molecule has 0 aromatic heterocycles. The predicted octanol–water partition coefficient (Wildman–Crippen LogP) is 4.87. The van der Waals surface area contributed by atoms with Crippen LogP contribution >= 0.6 is 0 Å². The number of carbonyl (C=O) groups is 1. The maximum absolute atomic E-state index is 10.4. The fraction of sp³-hybridized carbons (Fsp3) is 0.240. The average Bonchev–Trinajstić information content (AvgIpc) is 2.73. The molecule has 3 aliphatic rings. The SMILES string of the molecule is C1=Cc2c(ccc3c2CCc2ccccc2-3)CC1.CN1C=CC=C(C(=O)O)C1. The number of carboxylic acid groups (broad SMARTS) is 1. The van der Waals surface area contributed by atoms with E-state index in [0.29, 0.717) is 12.1 Å². The van der Waals surface area contributed by atoms with Crippen molar-refractivity contribution in [3.63, 3.8) is 0 Å². The number of nitrogens with zero attached hydrogens (tertiary/aromatic N) is 1. The van der Waals surface area contributed by atoms with Crippen LogP contribution in [0.1, 0.15) is 28.7 Å². The van der Waals surface area contributed by atoms with Gasteiger partial charge in [0, 0.05) is 13.6 Å². The van der Waals surface area contributed by atoms with Crippen LogP contribution in [0.15, 0.2) is 66.4 Å². The Labute approximate surface area is 166 Å². The lowest BCUT2D eigenvalue weighted by molar-refractivity contribution is -0.132. The van der Waals surface area contributed by atoms with Crippen LogP contribution in [0.2, 0.25) is 0 Å². The van der Waals surface area contributed by atoms with Crippen LogP contribution in [0.4, 0.5) is 0 Å². The molecule has 0 fully saturated rings. The maximum atomic E-state index is 10.4. The first-order valence-corrected chi connectivity index (χ1v) is 9.84. The zero-order valence-corrected chi connectivity index (χ0v) is 16.2. The second-order valence-corrected chi connectivity index (χ2v) is 7.52. The molecule has 2 aromatic rings. The van der Waals surface area contributed by atoms with E-state index in [1.165, 1.54) is 53.5 Å². The number of aryl methyl sites for hydroxylation is 2. The molecular formula is C25H25NO2. The largest absolute Gasteiger partial charge is 0.478 e. The highest BCUT2D eigenvalue weighted by Crippen LogP contribution is 2.38. The van der Waals surface area contributed by atoms with Crippen molar-refractivity contribution in [3.8, 4) is 11.1 Å². The Balaban J connectivity index is 0.000000165. The molecule has 0 spiro atoms. The minimum atomic E-state index is -0.837. The highest BCUT2D eigenvalue weighted by Gasteiger charge is 2.20. The molecule has 0 radical (unpaired) electrons. The first kappa shape index (κ1) is 18.3. The van der Waals surface area contributed by atoms with Crippen LogP contribution < -0.4 is 0 Å². The standard InChI is InChI=1S/C18H16.C7H9NO2/c1-3-7-15-13(5-1)9-11-18-16-8-4-2-6-14(16)10-12-17(15)18;1-8-4-2-3-6(5-8)7(9)10/h1,3-5,7-8,10,12H,2,6,9,11H2;2-4H,5H2,1H3,(H,9,10). The Morgan fingerprint density at radius 1 is 1.00 bits per heavy atom. The van der Waals surface area contributed by atoms with Crippen molar-refractivity contribution in [2.24, 2.45) is 0 Å². The fourth-order valence-corrected chi connectivity index (χ4v) is 4.18. The van der Waals surface area contributed by atoms with Gasteiger partial charge in [-0.05, 0) is 77.4 Å². The van der Waals surface area contributed by atoms with Gasteiger partial charge in [-0.2, -0.15) is 0 Å². The van der Waals surface area contributed by atoms with Crippen LogP contribution in [0.3, 0.4) is 0 Å². The lowest BCUT2D eigenvalue weighted by atomic mass is 9.80. The lowest BCUT2D eigenvalue weighted by Gasteiger charge is -2.24. The highest BCUT2D eigenvalue weighted by atomic mass is 16.4. The molecule has 3 heteroatoms. The first-order valence-electron chi connectivity index (χ1n) is 9.84. The monoisotopic (exact) mass is 371 g/mol. The van der Waals surface area contributed by atoms with Crippen LogP contribution in [0, 0.1) is 0 Å². The van der Waals surface area contributed by atoms with Crippen LogP contribution in [0.5, 0.6) is 0 Å². The zero-order chi connectivity index (χ0) is 19.5. The van der Waals surface area contributed by atoms with Crippen LogP contribution in [-0.2, 0) is 24.1 Å². The number of carboxylic acids is 1. The van der Waals surface area contributed by atoms with E-state index in [1.807, 2.05) is 18.1 Å². The number of rotatable bonds is 1. The molecule has 0 amide bonds. The van der Waals surface area contributed by atoms with Crippen molar-refractivity contribution in [3.05, 3.63) is 88.7 Å². The maximum Gasteiger partial charge on any atom is 0.333 e. The first-order chi connectivity index (χ1) is 13.6. The van der Waals surface area contributed by atoms with Gasteiger partial charge in [-0.3, -0.25) is 0 Å². The molecule has 0 unspecified atom stereocenters. The quantitative estimate of drug-likeness (QED) is 0.778. The molecule has 28 heavy (non-hydrogen) atoms. The van der Waals surface area contributed by atoms with Gasteiger partial charge in [0.05, 0.1) is 5.57 Å². The summed E-state index contributed by atoms with van der Waals surface area (Å²) >= 11 is 0. The number of hydrogen-bond donors (Lipinski definition) is 1. The van der Waals surface area contributed by atoms with Crippen molar-refractivity contribution in [1.29, 1.82) is 0 Å². The molecule has 5 rings (SSSR count). The van der Waals surface area contributed by atoms with Gasteiger partial charge in [-0.25, -0.2) is 4.79 Å². The number of likely N-dealkylation sites (N-methyl/N-ethyl adjacent to an activating group) is 1. The molecule has 0 bridgehead atoms. The van der Waals surface area contributed by atoms with E-state index in [9.17, 15) is 4.79 Å². The number of hydrogen-bond acceptors (Lipinski definition) is 2. The highest BCUT2D eigenvalue weighted by molar-refractivity contribution is 5.87. The normalized spacial score (nSPS) is 16.2. The van der Waals surface area contributed by atoms with Gasteiger partial charge in [-0.15, -0.1) is 0 Å². The molecule has 0 saturated heterocycles. The Morgan fingerprint density at radius 2 is 1.86 bits per heavy atom. The summed E-state index contributed by atoms with van der Waals surface area (Å²) in [7, 11) is 1.84.